The number of carboxylic acid groups (broad SMARTS) is 1. The minimum Gasteiger partial charge on any atom is -0.480 e. The van der Waals surface area contributed by atoms with Crippen LogP contribution in [0.1, 0.15) is 25.7 Å². The Balaban J connectivity index is 2.34. The first-order valence-electron chi connectivity index (χ1n) is 6.82. The van der Waals surface area contributed by atoms with Gasteiger partial charge in [-0.3, -0.25) is 9.59 Å². The number of rotatable bonds is 8. The molecule has 2 N–H and O–H groups in total. The van der Waals surface area contributed by atoms with E-state index in [2.05, 4.69) is 5.32 Å². The molecule has 1 aliphatic heterocycles. The van der Waals surface area contributed by atoms with Crippen LogP contribution in [0.25, 0.3) is 0 Å². The second kappa shape index (κ2) is 8.87. The summed E-state index contributed by atoms with van der Waals surface area (Å²) in [6, 6.07) is 0. The quantitative estimate of drug-likeness (QED) is 0.665. The van der Waals surface area contributed by atoms with Gasteiger partial charge in [-0.05, 0) is 38.3 Å². The molecule has 0 atom stereocenters. The van der Waals surface area contributed by atoms with Crippen LogP contribution >= 0.6 is 0 Å². The normalized spacial score (nSPS) is 16.3. The van der Waals surface area contributed by atoms with Gasteiger partial charge in [-0.2, -0.15) is 0 Å². The van der Waals surface area contributed by atoms with Crippen molar-refractivity contribution in [1.82, 2.24) is 10.2 Å². The summed E-state index contributed by atoms with van der Waals surface area (Å²) in [5, 5.41) is 12.1. The molecule has 1 rings (SSSR count). The molecule has 0 bridgehead atoms. The second-order valence-corrected chi connectivity index (χ2v) is 4.93. The number of carboxylic acids is 1. The van der Waals surface area contributed by atoms with Gasteiger partial charge in [0.2, 0.25) is 5.91 Å². The minimum atomic E-state index is -0.980. The lowest BCUT2D eigenvalue weighted by molar-refractivity contribution is -0.145. The molecule has 1 saturated heterocycles. The highest BCUT2D eigenvalue weighted by Crippen LogP contribution is 2.18. The van der Waals surface area contributed by atoms with Gasteiger partial charge >= 0.3 is 5.97 Å². The van der Waals surface area contributed by atoms with Crippen LogP contribution in [0, 0.1) is 5.92 Å². The van der Waals surface area contributed by atoms with Gasteiger partial charge in [0.05, 0.1) is 6.61 Å². The van der Waals surface area contributed by atoms with Crippen LogP contribution in [0.4, 0.5) is 0 Å². The van der Waals surface area contributed by atoms with Crippen molar-refractivity contribution < 1.29 is 19.4 Å². The average molecular weight is 272 g/mol. The number of hydrogen-bond acceptors (Lipinski definition) is 4. The van der Waals surface area contributed by atoms with Crippen molar-refractivity contribution in [3.63, 3.8) is 0 Å². The Hall–Kier alpha value is -1.14. The third kappa shape index (κ3) is 6.54. The maximum Gasteiger partial charge on any atom is 0.323 e. The Morgan fingerprint density at radius 1 is 1.37 bits per heavy atom. The van der Waals surface area contributed by atoms with Gasteiger partial charge < -0.3 is 20.1 Å². The molecule has 0 aromatic carbocycles. The first-order valence-corrected chi connectivity index (χ1v) is 6.82. The van der Waals surface area contributed by atoms with Gasteiger partial charge in [-0.15, -0.1) is 0 Å². The van der Waals surface area contributed by atoms with Gasteiger partial charge in [0.15, 0.2) is 0 Å². The van der Waals surface area contributed by atoms with Gasteiger partial charge in [0.1, 0.15) is 6.54 Å². The van der Waals surface area contributed by atoms with Gasteiger partial charge in [-0.25, -0.2) is 0 Å². The molecular weight excluding hydrogens is 248 g/mol. The third-order valence-corrected chi connectivity index (χ3v) is 3.47. The number of nitrogens with one attached hydrogen (secondary N) is 1. The van der Waals surface area contributed by atoms with Gasteiger partial charge in [0.25, 0.3) is 0 Å². The third-order valence-electron chi connectivity index (χ3n) is 3.47. The first kappa shape index (κ1) is 15.9. The largest absolute Gasteiger partial charge is 0.480 e. The van der Waals surface area contributed by atoms with E-state index in [0.29, 0.717) is 25.5 Å². The predicted molar refractivity (Wildman–Crippen MR) is 70.9 cm³/mol. The zero-order valence-corrected chi connectivity index (χ0v) is 11.6. The molecule has 19 heavy (non-hydrogen) atoms. The Bertz CT molecular complexity index is 290. The van der Waals surface area contributed by atoms with E-state index in [1.807, 2.05) is 0 Å². The summed E-state index contributed by atoms with van der Waals surface area (Å²) in [5.74, 6) is -0.483. The predicted octanol–water partition coefficient (Wildman–Crippen LogP) is 0.326. The van der Waals surface area contributed by atoms with Crippen molar-refractivity contribution in [3.8, 4) is 0 Å². The van der Waals surface area contributed by atoms with Crippen LogP contribution in [-0.4, -0.2) is 61.8 Å². The molecule has 1 heterocycles. The SMILES string of the molecule is COCCN(CC(=O)O)C(=O)CCC1CCNCC1. The fraction of sp³-hybridized carbons (Fsp3) is 0.846. The Morgan fingerprint density at radius 2 is 2.05 bits per heavy atom. The molecule has 0 spiro atoms. The van der Waals surface area contributed by atoms with E-state index in [-0.39, 0.29) is 12.5 Å². The van der Waals surface area contributed by atoms with Gasteiger partial charge in [-0.1, -0.05) is 0 Å². The van der Waals surface area contributed by atoms with Crippen LogP contribution < -0.4 is 5.32 Å². The Morgan fingerprint density at radius 3 is 2.63 bits per heavy atom. The number of aliphatic carboxylic acids is 1. The molecule has 0 aromatic rings. The van der Waals surface area contributed by atoms with Crippen LogP contribution in [0.3, 0.4) is 0 Å². The summed E-state index contributed by atoms with van der Waals surface area (Å²) in [4.78, 5) is 24.1. The molecule has 0 unspecified atom stereocenters. The summed E-state index contributed by atoms with van der Waals surface area (Å²) in [5.41, 5.74) is 0. The summed E-state index contributed by atoms with van der Waals surface area (Å²) >= 11 is 0. The van der Waals surface area contributed by atoms with Gasteiger partial charge in [0, 0.05) is 20.1 Å². The fourth-order valence-electron chi connectivity index (χ4n) is 2.31. The lowest BCUT2D eigenvalue weighted by Gasteiger charge is -2.24. The molecule has 1 amide bonds. The van der Waals surface area contributed by atoms with Crippen molar-refractivity contribution in [2.45, 2.75) is 25.7 Å². The molecule has 1 fully saturated rings. The second-order valence-electron chi connectivity index (χ2n) is 4.93. The highest BCUT2D eigenvalue weighted by Gasteiger charge is 2.19. The molecule has 0 saturated carbocycles. The first-order chi connectivity index (χ1) is 9.13. The topological polar surface area (TPSA) is 78.9 Å². The van der Waals surface area contributed by atoms with E-state index < -0.39 is 5.97 Å². The molecule has 0 aromatic heterocycles. The zero-order chi connectivity index (χ0) is 14.1. The van der Waals surface area contributed by atoms with Crippen LogP contribution in [0.5, 0.6) is 0 Å². The van der Waals surface area contributed by atoms with Crippen molar-refractivity contribution in [2.75, 3.05) is 39.9 Å². The smallest absolute Gasteiger partial charge is 0.323 e. The standard InChI is InChI=1S/C13H24N2O4/c1-19-9-8-15(10-13(17)18)12(16)3-2-11-4-6-14-7-5-11/h11,14H,2-10H2,1H3,(H,17,18). The van der Waals surface area contributed by atoms with Crippen molar-refractivity contribution >= 4 is 11.9 Å². The maximum absolute atomic E-state index is 12.0. The van der Waals surface area contributed by atoms with Crippen molar-refractivity contribution in [2.24, 2.45) is 5.92 Å². The number of hydrogen-bond donors (Lipinski definition) is 2. The highest BCUT2D eigenvalue weighted by atomic mass is 16.5. The van der Waals surface area contributed by atoms with Crippen LogP contribution in [0.15, 0.2) is 0 Å². The lowest BCUT2D eigenvalue weighted by atomic mass is 9.93. The number of carbonyl (C=O) groups excluding carboxylic acids is 1. The number of carbonyl (C=O) groups is 2. The molecule has 1 aliphatic rings. The summed E-state index contributed by atoms with van der Waals surface area (Å²) < 4.78 is 4.90. The zero-order valence-electron chi connectivity index (χ0n) is 11.6. The molecular formula is C13H24N2O4. The van der Waals surface area contributed by atoms with E-state index in [4.69, 9.17) is 9.84 Å². The highest BCUT2D eigenvalue weighted by molar-refractivity contribution is 5.81. The summed E-state index contributed by atoms with van der Waals surface area (Å²) in [6.07, 6.45) is 3.49. The number of ether oxygens (including phenoxy) is 1. The summed E-state index contributed by atoms with van der Waals surface area (Å²) in [7, 11) is 1.54. The number of methoxy groups -OCH3 is 1. The Kier molecular flexibility index (Phi) is 7.43. The molecule has 6 heteroatoms. The monoisotopic (exact) mass is 272 g/mol. The van der Waals surface area contributed by atoms with Crippen LogP contribution in [0.2, 0.25) is 0 Å². The molecule has 6 nitrogen and oxygen atoms in total. The van der Waals surface area contributed by atoms with E-state index >= 15 is 0 Å². The maximum atomic E-state index is 12.0. The van der Waals surface area contributed by atoms with Crippen molar-refractivity contribution in [3.05, 3.63) is 0 Å². The number of piperidine rings is 1. The van der Waals surface area contributed by atoms with Crippen molar-refractivity contribution in [1.29, 1.82) is 0 Å². The van der Waals surface area contributed by atoms with E-state index in [9.17, 15) is 9.59 Å². The average Bonchev–Trinajstić information content (AvgIpc) is 2.41. The number of nitrogens with zero attached hydrogens (tertiary/aromatic N) is 1. The number of amides is 1. The van der Waals surface area contributed by atoms with E-state index in [0.717, 1.165) is 32.4 Å². The summed E-state index contributed by atoms with van der Waals surface area (Å²) in [6.45, 7) is 2.50. The van der Waals surface area contributed by atoms with E-state index in [1.54, 1.807) is 7.11 Å². The lowest BCUT2D eigenvalue weighted by Crippen LogP contribution is -2.38. The van der Waals surface area contributed by atoms with Crippen LogP contribution in [-0.2, 0) is 14.3 Å². The minimum absolute atomic E-state index is 0.0852. The fourth-order valence-corrected chi connectivity index (χ4v) is 2.31. The Labute approximate surface area is 114 Å². The van der Waals surface area contributed by atoms with E-state index in [1.165, 1.54) is 4.90 Å². The molecule has 110 valence electrons. The molecule has 0 radical (unpaired) electrons. The molecule has 0 aliphatic carbocycles.